The van der Waals surface area contributed by atoms with Crippen molar-refractivity contribution < 1.29 is 9.59 Å². The van der Waals surface area contributed by atoms with Crippen molar-refractivity contribution in [3.05, 3.63) is 101 Å². The van der Waals surface area contributed by atoms with Crippen molar-refractivity contribution in [2.45, 2.75) is 25.4 Å². The Hall–Kier alpha value is -3.86. The van der Waals surface area contributed by atoms with Gasteiger partial charge in [0.05, 0.1) is 5.69 Å². The van der Waals surface area contributed by atoms with Crippen molar-refractivity contribution in [3.8, 4) is 0 Å². The molecule has 0 spiro atoms. The zero-order valence-electron chi connectivity index (χ0n) is 17.1. The Morgan fingerprint density at radius 2 is 1.68 bits per heavy atom. The quantitative estimate of drug-likeness (QED) is 0.478. The summed E-state index contributed by atoms with van der Waals surface area (Å²) in [4.78, 5) is 33.9. The fourth-order valence-corrected chi connectivity index (χ4v) is 5.06. The number of urea groups is 1. The number of benzene rings is 3. The van der Waals surface area contributed by atoms with Crippen LogP contribution in [0.4, 0.5) is 10.5 Å². The smallest absolute Gasteiger partial charge is 0.332 e. The van der Waals surface area contributed by atoms with E-state index in [1.54, 1.807) is 4.90 Å². The van der Waals surface area contributed by atoms with Crippen LogP contribution in [0.1, 0.15) is 28.4 Å². The SMILES string of the molecule is Cc1cccc(N2C(=O)[C@@H]3Cc4c([nH]c5ccccc45)[C@H](c4ccccc4)N3C2=O)c1. The van der Waals surface area contributed by atoms with Gasteiger partial charge in [-0.2, -0.15) is 0 Å². The van der Waals surface area contributed by atoms with E-state index in [-0.39, 0.29) is 18.0 Å². The number of hydrogen-bond acceptors (Lipinski definition) is 2. The number of nitrogens with one attached hydrogen (secondary N) is 1. The van der Waals surface area contributed by atoms with Crippen molar-refractivity contribution in [2.24, 2.45) is 0 Å². The van der Waals surface area contributed by atoms with Gasteiger partial charge < -0.3 is 4.98 Å². The molecule has 2 aliphatic rings. The second-order valence-corrected chi connectivity index (χ2v) is 8.30. The molecule has 1 fully saturated rings. The first-order valence-electron chi connectivity index (χ1n) is 10.5. The van der Waals surface area contributed by atoms with Gasteiger partial charge in [-0.3, -0.25) is 9.69 Å². The molecule has 1 aromatic heterocycles. The molecule has 5 nitrogen and oxygen atoms in total. The average Bonchev–Trinajstić information content (AvgIpc) is 3.28. The van der Waals surface area contributed by atoms with Gasteiger partial charge in [0.25, 0.3) is 5.91 Å². The molecule has 0 bridgehead atoms. The molecule has 3 amide bonds. The number of amides is 3. The minimum Gasteiger partial charge on any atom is -0.356 e. The van der Waals surface area contributed by atoms with Gasteiger partial charge in [0.2, 0.25) is 0 Å². The number of aromatic nitrogens is 1. The van der Waals surface area contributed by atoms with E-state index in [2.05, 4.69) is 11.1 Å². The Kier molecular flexibility index (Phi) is 3.81. The number of fused-ring (bicyclic) bond motifs is 4. The fraction of sp³-hybridized carbons (Fsp3) is 0.154. The number of imide groups is 1. The maximum Gasteiger partial charge on any atom is 0.332 e. The summed E-state index contributed by atoms with van der Waals surface area (Å²) in [5.41, 5.74) is 5.79. The average molecular weight is 407 g/mol. The van der Waals surface area contributed by atoms with E-state index in [1.807, 2.05) is 79.7 Å². The predicted molar refractivity (Wildman–Crippen MR) is 120 cm³/mol. The molecule has 2 atom stereocenters. The summed E-state index contributed by atoms with van der Waals surface area (Å²) in [6.07, 6.45) is 0.509. The predicted octanol–water partition coefficient (Wildman–Crippen LogP) is 4.96. The van der Waals surface area contributed by atoms with E-state index in [0.717, 1.165) is 33.3 Å². The highest BCUT2D eigenvalue weighted by molar-refractivity contribution is 6.22. The molecule has 31 heavy (non-hydrogen) atoms. The second-order valence-electron chi connectivity index (χ2n) is 8.30. The molecular formula is C26H21N3O2. The summed E-state index contributed by atoms with van der Waals surface area (Å²) in [6.45, 7) is 1.96. The number of carbonyl (C=O) groups is 2. The molecule has 2 aliphatic heterocycles. The summed E-state index contributed by atoms with van der Waals surface area (Å²) >= 11 is 0. The van der Waals surface area contributed by atoms with Crippen LogP contribution in [0.25, 0.3) is 10.9 Å². The van der Waals surface area contributed by atoms with Crippen molar-refractivity contribution in [1.82, 2.24) is 9.88 Å². The Balaban J connectivity index is 1.55. The molecule has 4 aromatic rings. The lowest BCUT2D eigenvalue weighted by molar-refractivity contribution is -0.120. The number of nitrogens with zero attached hydrogens (tertiary/aromatic N) is 2. The van der Waals surface area contributed by atoms with E-state index < -0.39 is 6.04 Å². The van der Waals surface area contributed by atoms with Crippen LogP contribution in [0.2, 0.25) is 0 Å². The maximum absolute atomic E-state index is 13.7. The van der Waals surface area contributed by atoms with Crippen LogP contribution in [0.3, 0.4) is 0 Å². The van der Waals surface area contributed by atoms with E-state index in [0.29, 0.717) is 12.1 Å². The number of hydrogen-bond donors (Lipinski definition) is 1. The Bertz CT molecular complexity index is 1340. The van der Waals surface area contributed by atoms with Crippen LogP contribution < -0.4 is 4.90 Å². The van der Waals surface area contributed by atoms with Crippen LogP contribution >= 0.6 is 0 Å². The molecule has 0 radical (unpaired) electrons. The molecule has 3 heterocycles. The molecule has 5 heteroatoms. The molecule has 6 rings (SSSR count). The fourth-order valence-electron chi connectivity index (χ4n) is 5.06. The van der Waals surface area contributed by atoms with E-state index in [9.17, 15) is 9.59 Å². The topological polar surface area (TPSA) is 56.4 Å². The lowest BCUT2D eigenvalue weighted by Crippen LogP contribution is -2.44. The molecule has 152 valence electrons. The van der Waals surface area contributed by atoms with E-state index in [1.165, 1.54) is 4.90 Å². The highest BCUT2D eigenvalue weighted by Crippen LogP contribution is 2.44. The largest absolute Gasteiger partial charge is 0.356 e. The molecule has 1 saturated heterocycles. The zero-order valence-corrected chi connectivity index (χ0v) is 17.1. The number of rotatable bonds is 2. The summed E-state index contributed by atoms with van der Waals surface area (Å²) in [7, 11) is 0. The number of carbonyl (C=O) groups excluding carboxylic acids is 2. The Morgan fingerprint density at radius 3 is 2.48 bits per heavy atom. The van der Waals surface area contributed by atoms with Gasteiger partial charge in [0.15, 0.2) is 0 Å². The van der Waals surface area contributed by atoms with Crippen LogP contribution in [-0.4, -0.2) is 27.9 Å². The summed E-state index contributed by atoms with van der Waals surface area (Å²) in [6, 6.07) is 24.5. The summed E-state index contributed by atoms with van der Waals surface area (Å²) in [5.74, 6) is -0.160. The first kappa shape index (κ1) is 18.0. The standard InChI is InChI=1S/C26H21N3O2/c1-16-8-7-11-18(14-16)28-25(30)22-15-20-19-12-5-6-13-21(19)27-23(20)24(29(22)26(28)31)17-9-3-2-4-10-17/h2-14,22,24,27H,15H2,1H3/t22-,24-/m0/s1. The number of H-pyrrole nitrogens is 1. The maximum atomic E-state index is 13.7. The van der Waals surface area contributed by atoms with Gasteiger partial charge >= 0.3 is 6.03 Å². The Labute approximate surface area is 179 Å². The van der Waals surface area contributed by atoms with E-state index in [4.69, 9.17) is 0 Å². The summed E-state index contributed by atoms with van der Waals surface area (Å²) < 4.78 is 0. The highest BCUT2D eigenvalue weighted by Gasteiger charge is 2.53. The number of aryl methyl sites for hydroxylation is 1. The van der Waals surface area contributed by atoms with Gasteiger partial charge in [-0.1, -0.05) is 60.7 Å². The Morgan fingerprint density at radius 1 is 0.903 bits per heavy atom. The minimum atomic E-state index is -0.523. The third-order valence-electron chi connectivity index (χ3n) is 6.42. The first-order valence-corrected chi connectivity index (χ1v) is 10.5. The summed E-state index contributed by atoms with van der Waals surface area (Å²) in [5, 5.41) is 1.12. The highest BCUT2D eigenvalue weighted by atomic mass is 16.2. The minimum absolute atomic E-state index is 0.160. The van der Waals surface area contributed by atoms with Crippen molar-refractivity contribution in [1.29, 1.82) is 0 Å². The molecule has 0 saturated carbocycles. The normalized spacial score (nSPS) is 20.3. The lowest BCUT2D eigenvalue weighted by Gasteiger charge is -2.36. The van der Waals surface area contributed by atoms with Gasteiger partial charge in [0, 0.05) is 23.0 Å². The number of para-hydroxylation sites is 1. The molecular weight excluding hydrogens is 386 g/mol. The van der Waals surface area contributed by atoms with Crippen LogP contribution in [-0.2, 0) is 11.2 Å². The third-order valence-corrected chi connectivity index (χ3v) is 6.42. The molecule has 0 aliphatic carbocycles. The third kappa shape index (κ3) is 2.56. The van der Waals surface area contributed by atoms with Crippen LogP contribution in [0, 0.1) is 6.92 Å². The number of anilines is 1. The zero-order chi connectivity index (χ0) is 21.1. The lowest BCUT2D eigenvalue weighted by atomic mass is 9.89. The molecule has 3 aromatic carbocycles. The van der Waals surface area contributed by atoms with Gasteiger partial charge in [-0.05, 0) is 41.8 Å². The van der Waals surface area contributed by atoms with Crippen LogP contribution in [0.5, 0.6) is 0 Å². The molecule has 0 unspecified atom stereocenters. The first-order chi connectivity index (χ1) is 15.1. The van der Waals surface area contributed by atoms with Gasteiger partial charge in [0.1, 0.15) is 12.1 Å². The van der Waals surface area contributed by atoms with Crippen LogP contribution in [0.15, 0.2) is 78.9 Å². The van der Waals surface area contributed by atoms with E-state index >= 15 is 0 Å². The monoisotopic (exact) mass is 407 g/mol. The van der Waals surface area contributed by atoms with Crippen molar-refractivity contribution >= 4 is 28.5 Å². The second kappa shape index (κ2) is 6.57. The molecule has 1 N–H and O–H groups in total. The van der Waals surface area contributed by atoms with Gasteiger partial charge in [-0.25, -0.2) is 9.69 Å². The van der Waals surface area contributed by atoms with Crippen molar-refractivity contribution in [3.63, 3.8) is 0 Å². The number of aromatic amines is 1. The van der Waals surface area contributed by atoms with Crippen molar-refractivity contribution in [2.75, 3.05) is 4.90 Å². The van der Waals surface area contributed by atoms with Gasteiger partial charge in [-0.15, -0.1) is 0 Å².